The van der Waals surface area contributed by atoms with Gasteiger partial charge in [-0.3, -0.25) is 4.79 Å². The summed E-state index contributed by atoms with van der Waals surface area (Å²) in [6.07, 6.45) is 8.43. The van der Waals surface area contributed by atoms with Crippen molar-refractivity contribution in [1.29, 1.82) is 0 Å². The van der Waals surface area contributed by atoms with E-state index in [4.69, 9.17) is 0 Å². The normalized spacial score (nSPS) is 21.9. The topological polar surface area (TPSA) is 51.0 Å². The summed E-state index contributed by atoms with van der Waals surface area (Å²) < 4.78 is 2.05. The van der Waals surface area contributed by atoms with Crippen LogP contribution in [0.4, 0.5) is 0 Å². The molecule has 1 fully saturated rings. The van der Waals surface area contributed by atoms with E-state index in [2.05, 4.69) is 33.1 Å². The molecule has 5 heteroatoms. The molecule has 2 aliphatic rings. The van der Waals surface area contributed by atoms with Crippen molar-refractivity contribution >= 4 is 16.8 Å². The number of carbonyl (C=O) groups excluding carboxylic acids is 1. The molecular formula is C19H18N4O. The summed E-state index contributed by atoms with van der Waals surface area (Å²) in [6.45, 7) is 0.392. The highest BCUT2D eigenvalue weighted by Gasteiger charge is 2.43. The first-order valence-electron chi connectivity index (χ1n) is 8.45. The summed E-state index contributed by atoms with van der Waals surface area (Å²) in [4.78, 5) is 23.7. The third-order valence-electron chi connectivity index (χ3n) is 5.39. The quantitative estimate of drug-likeness (QED) is 0.730. The number of aromatic nitrogens is 3. The van der Waals surface area contributed by atoms with E-state index >= 15 is 0 Å². The monoisotopic (exact) mass is 318 g/mol. The second-order valence-corrected chi connectivity index (χ2v) is 6.68. The minimum atomic E-state index is 0.147. The lowest BCUT2D eigenvalue weighted by Crippen LogP contribution is -2.43. The Hall–Kier alpha value is -2.69. The summed E-state index contributed by atoms with van der Waals surface area (Å²) in [5, 5.41) is 1.17. The largest absolute Gasteiger partial charge is 0.338 e. The van der Waals surface area contributed by atoms with Crippen molar-refractivity contribution in [3.8, 4) is 0 Å². The maximum Gasteiger partial charge on any atom is 0.243 e. The van der Waals surface area contributed by atoms with Crippen molar-refractivity contribution in [2.45, 2.75) is 37.9 Å². The van der Waals surface area contributed by atoms with E-state index in [0.29, 0.717) is 6.54 Å². The summed E-state index contributed by atoms with van der Waals surface area (Å²) in [5.74, 6) is 0.193. The van der Waals surface area contributed by atoms with E-state index < -0.39 is 0 Å². The lowest BCUT2D eigenvalue weighted by atomic mass is 9.99. The third kappa shape index (κ3) is 1.97. The molecule has 0 saturated carbocycles. The highest BCUT2D eigenvalue weighted by atomic mass is 16.2. The van der Waals surface area contributed by atoms with Crippen molar-refractivity contribution in [3.05, 3.63) is 60.3 Å². The highest BCUT2D eigenvalue weighted by molar-refractivity contribution is 5.83. The van der Waals surface area contributed by atoms with Gasteiger partial charge >= 0.3 is 0 Å². The number of fused-ring (bicyclic) bond motifs is 5. The Morgan fingerprint density at radius 3 is 3.08 bits per heavy atom. The van der Waals surface area contributed by atoms with Crippen LogP contribution < -0.4 is 0 Å². The number of hydrogen-bond donors (Lipinski definition) is 0. The van der Waals surface area contributed by atoms with Crippen LogP contribution in [0, 0.1) is 0 Å². The molecule has 2 unspecified atom stereocenters. The van der Waals surface area contributed by atoms with Gasteiger partial charge in [0.15, 0.2) is 0 Å². The van der Waals surface area contributed by atoms with Crippen LogP contribution in [0.3, 0.4) is 0 Å². The van der Waals surface area contributed by atoms with Crippen LogP contribution in [0.15, 0.2) is 49.1 Å². The van der Waals surface area contributed by atoms with Gasteiger partial charge in [0.1, 0.15) is 12.9 Å². The summed E-state index contributed by atoms with van der Waals surface area (Å²) >= 11 is 0. The zero-order chi connectivity index (χ0) is 16.1. The number of benzene rings is 1. The fourth-order valence-corrected chi connectivity index (χ4v) is 4.31. The minimum Gasteiger partial charge on any atom is -0.338 e. The third-order valence-corrected chi connectivity index (χ3v) is 5.39. The second-order valence-electron chi connectivity index (χ2n) is 6.68. The van der Waals surface area contributed by atoms with E-state index in [1.807, 2.05) is 29.1 Å². The average molecular weight is 318 g/mol. The van der Waals surface area contributed by atoms with Gasteiger partial charge in [-0.05, 0) is 30.4 Å². The molecule has 0 aliphatic carbocycles. The van der Waals surface area contributed by atoms with Crippen molar-refractivity contribution in [3.63, 3.8) is 0 Å². The fourth-order valence-electron chi connectivity index (χ4n) is 4.31. The first kappa shape index (κ1) is 13.7. The van der Waals surface area contributed by atoms with Crippen LogP contribution in [0.2, 0.25) is 0 Å². The Morgan fingerprint density at radius 1 is 1.21 bits per heavy atom. The summed E-state index contributed by atoms with van der Waals surface area (Å²) in [7, 11) is 0. The van der Waals surface area contributed by atoms with Gasteiger partial charge in [0, 0.05) is 35.9 Å². The van der Waals surface area contributed by atoms with Gasteiger partial charge in [-0.1, -0.05) is 18.2 Å². The average Bonchev–Trinajstić information content (AvgIpc) is 3.16. The molecule has 5 rings (SSSR count). The van der Waals surface area contributed by atoms with E-state index in [1.54, 1.807) is 6.33 Å². The molecule has 2 aromatic heterocycles. The molecule has 3 aromatic rings. The van der Waals surface area contributed by atoms with Crippen molar-refractivity contribution < 1.29 is 4.79 Å². The molecule has 4 heterocycles. The lowest BCUT2D eigenvalue weighted by Gasteiger charge is -2.35. The SMILES string of the molecule is O=C(Cn1ccc2ccccc21)N1C2CCC1c1cncnc1C2. The summed E-state index contributed by atoms with van der Waals surface area (Å²) in [5.41, 5.74) is 3.36. The molecular weight excluding hydrogens is 300 g/mol. The molecule has 1 amide bonds. The molecule has 1 saturated heterocycles. The maximum absolute atomic E-state index is 13.0. The Morgan fingerprint density at radius 2 is 2.12 bits per heavy atom. The van der Waals surface area contributed by atoms with Crippen LogP contribution >= 0.6 is 0 Å². The Balaban J connectivity index is 1.46. The molecule has 0 radical (unpaired) electrons. The summed E-state index contributed by atoms with van der Waals surface area (Å²) in [6, 6.07) is 10.7. The van der Waals surface area contributed by atoms with E-state index in [1.165, 1.54) is 5.39 Å². The van der Waals surface area contributed by atoms with Crippen LogP contribution in [0.5, 0.6) is 0 Å². The minimum absolute atomic E-state index is 0.147. The highest BCUT2D eigenvalue weighted by Crippen LogP contribution is 2.42. The molecule has 2 aliphatic heterocycles. The predicted octanol–water partition coefficient (Wildman–Crippen LogP) is 2.72. The zero-order valence-corrected chi connectivity index (χ0v) is 13.3. The lowest BCUT2D eigenvalue weighted by molar-refractivity contribution is -0.135. The number of para-hydroxylation sites is 1. The van der Waals surface area contributed by atoms with Crippen LogP contribution in [-0.2, 0) is 17.8 Å². The Labute approximate surface area is 139 Å². The molecule has 120 valence electrons. The van der Waals surface area contributed by atoms with Crippen LogP contribution in [-0.4, -0.2) is 31.4 Å². The fraction of sp³-hybridized carbons (Fsp3) is 0.316. The smallest absolute Gasteiger partial charge is 0.243 e. The van der Waals surface area contributed by atoms with E-state index in [0.717, 1.165) is 36.0 Å². The number of hydrogen-bond acceptors (Lipinski definition) is 3. The predicted molar refractivity (Wildman–Crippen MR) is 90.3 cm³/mol. The molecule has 24 heavy (non-hydrogen) atoms. The van der Waals surface area contributed by atoms with Gasteiger partial charge in [-0.25, -0.2) is 9.97 Å². The van der Waals surface area contributed by atoms with E-state index in [9.17, 15) is 4.79 Å². The standard InChI is InChI=1S/C19H18N4O/c24-19(11-22-8-7-13-3-1-2-4-17(13)22)23-14-5-6-18(23)15-10-20-12-21-16(15)9-14/h1-4,7-8,10,12,14,18H,5-6,9,11H2. The number of carbonyl (C=O) groups is 1. The van der Waals surface area contributed by atoms with Gasteiger partial charge in [-0.2, -0.15) is 0 Å². The van der Waals surface area contributed by atoms with Crippen LogP contribution in [0.1, 0.15) is 30.1 Å². The molecule has 0 N–H and O–H groups in total. The first-order chi connectivity index (χ1) is 11.8. The van der Waals surface area contributed by atoms with Gasteiger partial charge < -0.3 is 9.47 Å². The number of rotatable bonds is 2. The van der Waals surface area contributed by atoms with Gasteiger partial charge in [-0.15, -0.1) is 0 Å². The molecule has 0 spiro atoms. The van der Waals surface area contributed by atoms with Crippen molar-refractivity contribution in [1.82, 2.24) is 19.4 Å². The number of amides is 1. The molecule has 2 bridgehead atoms. The van der Waals surface area contributed by atoms with E-state index in [-0.39, 0.29) is 18.0 Å². The van der Waals surface area contributed by atoms with Crippen molar-refractivity contribution in [2.75, 3.05) is 0 Å². The van der Waals surface area contributed by atoms with Gasteiger partial charge in [0.2, 0.25) is 5.91 Å². The Kier molecular flexibility index (Phi) is 2.95. The van der Waals surface area contributed by atoms with Crippen LogP contribution in [0.25, 0.3) is 10.9 Å². The second kappa shape index (κ2) is 5.16. The molecule has 2 atom stereocenters. The van der Waals surface area contributed by atoms with Crippen molar-refractivity contribution in [2.24, 2.45) is 0 Å². The van der Waals surface area contributed by atoms with Gasteiger partial charge in [0.05, 0.1) is 11.7 Å². The zero-order valence-electron chi connectivity index (χ0n) is 13.3. The van der Waals surface area contributed by atoms with Gasteiger partial charge in [0.25, 0.3) is 0 Å². The maximum atomic E-state index is 13.0. The molecule has 1 aromatic carbocycles. The molecule has 5 nitrogen and oxygen atoms in total. The first-order valence-corrected chi connectivity index (χ1v) is 8.45. The Bertz CT molecular complexity index is 932. The number of nitrogens with zero attached hydrogens (tertiary/aromatic N) is 4.